The van der Waals surface area contributed by atoms with Crippen LogP contribution >= 0.6 is 0 Å². The summed E-state index contributed by atoms with van der Waals surface area (Å²) in [5.41, 5.74) is 3.11. The number of hydrogen-bond acceptors (Lipinski definition) is 2. The molecular formula is C28H36N2O2. The summed E-state index contributed by atoms with van der Waals surface area (Å²) in [4.78, 5) is 28.3. The molecule has 4 rings (SSSR count). The normalized spacial score (nSPS) is 18.7. The second-order valence-electron chi connectivity index (χ2n) is 9.95. The van der Waals surface area contributed by atoms with Crippen LogP contribution in [-0.2, 0) is 16.0 Å². The van der Waals surface area contributed by atoms with Crippen LogP contribution in [0.2, 0.25) is 0 Å². The predicted octanol–water partition coefficient (Wildman–Crippen LogP) is 5.22. The number of hydrogen-bond donors (Lipinski definition) is 1. The van der Waals surface area contributed by atoms with E-state index in [1.807, 2.05) is 24.8 Å². The van der Waals surface area contributed by atoms with Gasteiger partial charge in [-0.05, 0) is 62.6 Å². The summed E-state index contributed by atoms with van der Waals surface area (Å²) in [5.74, 6) is 0.651. The molecule has 1 aliphatic carbocycles. The lowest BCUT2D eigenvalue weighted by Gasteiger charge is -2.42. The van der Waals surface area contributed by atoms with Gasteiger partial charge in [0.15, 0.2) is 0 Å². The summed E-state index contributed by atoms with van der Waals surface area (Å²) in [7, 11) is 0. The van der Waals surface area contributed by atoms with Gasteiger partial charge in [0.25, 0.3) is 0 Å². The molecule has 1 saturated heterocycles. The van der Waals surface area contributed by atoms with Crippen molar-refractivity contribution in [3.8, 4) is 11.1 Å². The number of rotatable bonds is 6. The largest absolute Gasteiger partial charge is 0.353 e. The molecule has 1 aliphatic heterocycles. The molecule has 2 aromatic rings. The molecule has 2 aliphatic rings. The lowest BCUT2D eigenvalue weighted by atomic mass is 9.72. The first-order chi connectivity index (χ1) is 15.5. The van der Waals surface area contributed by atoms with E-state index in [1.54, 1.807) is 0 Å². The zero-order chi connectivity index (χ0) is 22.6. The van der Waals surface area contributed by atoms with E-state index < -0.39 is 5.41 Å². The van der Waals surface area contributed by atoms with E-state index in [0.29, 0.717) is 25.4 Å². The Kier molecular flexibility index (Phi) is 6.98. The predicted molar refractivity (Wildman–Crippen MR) is 129 cm³/mol. The Hall–Kier alpha value is -2.62. The van der Waals surface area contributed by atoms with Crippen molar-refractivity contribution in [2.45, 2.75) is 64.8 Å². The molecule has 1 heterocycles. The van der Waals surface area contributed by atoms with Crippen LogP contribution in [-0.4, -0.2) is 35.8 Å². The van der Waals surface area contributed by atoms with Crippen LogP contribution in [0.15, 0.2) is 54.6 Å². The molecule has 4 nitrogen and oxygen atoms in total. The van der Waals surface area contributed by atoms with Crippen molar-refractivity contribution in [1.29, 1.82) is 0 Å². The molecule has 0 bridgehead atoms. The van der Waals surface area contributed by atoms with Gasteiger partial charge in [-0.3, -0.25) is 9.59 Å². The minimum Gasteiger partial charge on any atom is -0.353 e. The number of likely N-dealkylation sites (tertiary alicyclic amines) is 1. The van der Waals surface area contributed by atoms with Crippen LogP contribution in [0.3, 0.4) is 0 Å². The zero-order valence-electron chi connectivity index (χ0n) is 19.5. The van der Waals surface area contributed by atoms with Gasteiger partial charge >= 0.3 is 0 Å². The minimum atomic E-state index is -0.453. The number of carbonyl (C=O) groups is 2. The number of amides is 2. The highest BCUT2D eigenvalue weighted by atomic mass is 16.2. The maximum Gasteiger partial charge on any atom is 0.226 e. The molecule has 170 valence electrons. The first kappa shape index (κ1) is 22.6. The second kappa shape index (κ2) is 9.89. The minimum absolute atomic E-state index is 0.109. The van der Waals surface area contributed by atoms with Crippen molar-refractivity contribution >= 4 is 11.8 Å². The smallest absolute Gasteiger partial charge is 0.226 e. The van der Waals surface area contributed by atoms with E-state index in [9.17, 15) is 9.59 Å². The molecule has 0 spiro atoms. The van der Waals surface area contributed by atoms with Crippen molar-refractivity contribution in [1.82, 2.24) is 10.2 Å². The van der Waals surface area contributed by atoms with Crippen molar-refractivity contribution in [3.63, 3.8) is 0 Å². The van der Waals surface area contributed by atoms with E-state index >= 15 is 0 Å². The van der Waals surface area contributed by atoms with Crippen LogP contribution in [0, 0.1) is 11.3 Å². The Morgan fingerprint density at radius 2 is 1.53 bits per heavy atom. The van der Waals surface area contributed by atoms with Gasteiger partial charge in [-0.2, -0.15) is 0 Å². The molecule has 0 atom stereocenters. The fraction of sp³-hybridized carbons (Fsp3) is 0.500. The molecule has 0 aromatic heterocycles. The molecule has 0 unspecified atom stereocenters. The van der Waals surface area contributed by atoms with E-state index in [-0.39, 0.29) is 17.9 Å². The quantitative estimate of drug-likeness (QED) is 0.680. The number of benzene rings is 2. The summed E-state index contributed by atoms with van der Waals surface area (Å²) in [6.07, 6.45) is 6.57. The Labute approximate surface area is 192 Å². The summed E-state index contributed by atoms with van der Waals surface area (Å²) >= 11 is 0. The van der Waals surface area contributed by atoms with E-state index in [0.717, 1.165) is 25.7 Å². The SMILES string of the molecule is CC(C)NC(=O)C1(Cc2ccc(-c3ccccc3)cc2)CCN(C(=O)C2CCCC2)CC1. The Bertz CT molecular complexity index is 906. The molecule has 1 N–H and O–H groups in total. The van der Waals surface area contributed by atoms with E-state index in [1.165, 1.54) is 29.5 Å². The third-order valence-corrected chi connectivity index (χ3v) is 7.24. The van der Waals surface area contributed by atoms with Crippen molar-refractivity contribution in [3.05, 3.63) is 60.2 Å². The molecule has 32 heavy (non-hydrogen) atoms. The highest BCUT2D eigenvalue weighted by molar-refractivity contribution is 5.84. The summed E-state index contributed by atoms with van der Waals surface area (Å²) in [6, 6.07) is 19.1. The van der Waals surface area contributed by atoms with Gasteiger partial charge in [-0.1, -0.05) is 67.4 Å². The van der Waals surface area contributed by atoms with Crippen LogP contribution in [0.4, 0.5) is 0 Å². The Balaban J connectivity index is 1.48. The van der Waals surface area contributed by atoms with Crippen LogP contribution in [0.25, 0.3) is 11.1 Å². The third-order valence-electron chi connectivity index (χ3n) is 7.24. The molecule has 0 radical (unpaired) electrons. The summed E-state index contributed by atoms with van der Waals surface area (Å²) in [6.45, 7) is 5.39. The maximum atomic E-state index is 13.3. The second-order valence-corrected chi connectivity index (χ2v) is 9.95. The van der Waals surface area contributed by atoms with Crippen LogP contribution < -0.4 is 5.32 Å². The topological polar surface area (TPSA) is 49.4 Å². The Morgan fingerprint density at radius 1 is 0.938 bits per heavy atom. The lowest BCUT2D eigenvalue weighted by molar-refractivity contribution is -0.143. The van der Waals surface area contributed by atoms with Gasteiger partial charge in [0, 0.05) is 25.0 Å². The number of nitrogens with zero attached hydrogens (tertiary/aromatic N) is 1. The fourth-order valence-electron chi connectivity index (χ4n) is 5.32. The standard InChI is InChI=1S/C28H36N2O2/c1-21(2)29-27(32)28(16-18-30(19-17-28)26(31)25-10-6-7-11-25)20-22-12-14-24(15-13-22)23-8-4-3-5-9-23/h3-5,8-9,12-15,21,25H,6-7,10-11,16-20H2,1-2H3,(H,29,32). The van der Waals surface area contributed by atoms with E-state index in [2.05, 4.69) is 53.8 Å². The number of carbonyl (C=O) groups excluding carboxylic acids is 2. The van der Waals surface area contributed by atoms with Gasteiger partial charge in [-0.15, -0.1) is 0 Å². The zero-order valence-corrected chi connectivity index (χ0v) is 19.5. The van der Waals surface area contributed by atoms with Gasteiger partial charge < -0.3 is 10.2 Å². The lowest BCUT2D eigenvalue weighted by Crippen LogP contribution is -2.53. The average Bonchev–Trinajstić information content (AvgIpc) is 3.35. The summed E-state index contributed by atoms with van der Waals surface area (Å²) in [5, 5.41) is 3.17. The molecular weight excluding hydrogens is 396 g/mol. The summed E-state index contributed by atoms with van der Waals surface area (Å²) < 4.78 is 0. The van der Waals surface area contributed by atoms with Crippen molar-refractivity contribution in [2.75, 3.05) is 13.1 Å². The fourth-order valence-corrected chi connectivity index (χ4v) is 5.32. The molecule has 2 amide bonds. The first-order valence-corrected chi connectivity index (χ1v) is 12.2. The van der Waals surface area contributed by atoms with Gasteiger partial charge in [0.2, 0.25) is 11.8 Å². The van der Waals surface area contributed by atoms with Gasteiger partial charge in [-0.25, -0.2) is 0 Å². The van der Waals surface area contributed by atoms with Crippen molar-refractivity contribution in [2.24, 2.45) is 11.3 Å². The highest BCUT2D eigenvalue weighted by Crippen LogP contribution is 2.38. The highest BCUT2D eigenvalue weighted by Gasteiger charge is 2.43. The molecule has 2 aromatic carbocycles. The molecule has 4 heteroatoms. The van der Waals surface area contributed by atoms with Crippen molar-refractivity contribution < 1.29 is 9.59 Å². The first-order valence-electron chi connectivity index (χ1n) is 12.2. The maximum absolute atomic E-state index is 13.3. The van der Waals surface area contributed by atoms with Crippen LogP contribution in [0.5, 0.6) is 0 Å². The van der Waals surface area contributed by atoms with Gasteiger partial charge in [0.05, 0.1) is 5.41 Å². The van der Waals surface area contributed by atoms with Gasteiger partial charge in [0.1, 0.15) is 0 Å². The van der Waals surface area contributed by atoms with E-state index in [4.69, 9.17) is 0 Å². The average molecular weight is 433 g/mol. The third kappa shape index (κ3) is 5.06. The monoisotopic (exact) mass is 432 g/mol. The molecule has 2 fully saturated rings. The van der Waals surface area contributed by atoms with Crippen LogP contribution in [0.1, 0.15) is 57.9 Å². The molecule has 1 saturated carbocycles. The number of piperidine rings is 1. The Morgan fingerprint density at radius 3 is 2.12 bits per heavy atom. The number of nitrogens with one attached hydrogen (secondary N) is 1.